The van der Waals surface area contributed by atoms with Crippen LogP contribution in [0.3, 0.4) is 0 Å². The van der Waals surface area contributed by atoms with Crippen molar-refractivity contribution in [1.82, 2.24) is 5.32 Å². The summed E-state index contributed by atoms with van der Waals surface area (Å²) in [6.45, 7) is 0.931. The SMILES string of the molecule is Fc1cccc2c1C(NC1CCCC1)CCN2. The maximum atomic E-state index is 13.9. The first-order chi connectivity index (χ1) is 8.34. The number of anilines is 1. The van der Waals surface area contributed by atoms with Crippen molar-refractivity contribution >= 4 is 5.69 Å². The first-order valence-electron chi connectivity index (χ1n) is 6.63. The van der Waals surface area contributed by atoms with Gasteiger partial charge in [0.25, 0.3) is 0 Å². The van der Waals surface area contributed by atoms with Crippen LogP contribution in [0, 0.1) is 5.82 Å². The first kappa shape index (κ1) is 11.0. The molecule has 2 nitrogen and oxygen atoms in total. The standard InChI is InChI=1S/C14H19FN2/c15-11-6-3-7-12-14(11)13(8-9-16-12)17-10-4-1-2-5-10/h3,6-7,10,13,16-17H,1-2,4-5,8-9H2. The maximum absolute atomic E-state index is 13.9. The fraction of sp³-hybridized carbons (Fsp3) is 0.571. The normalized spacial score (nSPS) is 24.4. The van der Waals surface area contributed by atoms with Gasteiger partial charge in [-0.25, -0.2) is 4.39 Å². The highest BCUT2D eigenvalue weighted by molar-refractivity contribution is 5.55. The molecular formula is C14H19FN2. The van der Waals surface area contributed by atoms with Gasteiger partial charge in [0.15, 0.2) is 0 Å². The van der Waals surface area contributed by atoms with Gasteiger partial charge in [-0.2, -0.15) is 0 Å². The summed E-state index contributed by atoms with van der Waals surface area (Å²) in [5.41, 5.74) is 1.80. The molecule has 1 heterocycles. The molecule has 17 heavy (non-hydrogen) atoms. The minimum atomic E-state index is -0.0785. The molecule has 0 amide bonds. The topological polar surface area (TPSA) is 24.1 Å². The smallest absolute Gasteiger partial charge is 0.130 e. The average Bonchev–Trinajstić information content (AvgIpc) is 2.82. The number of hydrogen-bond donors (Lipinski definition) is 2. The van der Waals surface area contributed by atoms with Crippen LogP contribution in [0.15, 0.2) is 18.2 Å². The predicted octanol–water partition coefficient (Wildman–Crippen LogP) is 3.21. The van der Waals surface area contributed by atoms with Crippen LogP contribution < -0.4 is 10.6 Å². The monoisotopic (exact) mass is 234 g/mol. The lowest BCUT2D eigenvalue weighted by atomic mass is 9.96. The number of halogens is 1. The Hall–Kier alpha value is -1.09. The Morgan fingerprint density at radius 1 is 1.18 bits per heavy atom. The molecule has 1 aliphatic heterocycles. The van der Waals surface area contributed by atoms with Crippen molar-refractivity contribution in [3.8, 4) is 0 Å². The number of benzene rings is 1. The van der Waals surface area contributed by atoms with Gasteiger partial charge in [-0.05, 0) is 31.4 Å². The van der Waals surface area contributed by atoms with E-state index in [1.54, 1.807) is 12.1 Å². The van der Waals surface area contributed by atoms with Crippen molar-refractivity contribution in [2.45, 2.75) is 44.2 Å². The van der Waals surface area contributed by atoms with Gasteiger partial charge in [0.05, 0.1) is 0 Å². The van der Waals surface area contributed by atoms with Gasteiger partial charge in [0, 0.05) is 29.9 Å². The number of hydrogen-bond acceptors (Lipinski definition) is 2. The van der Waals surface area contributed by atoms with E-state index in [1.165, 1.54) is 25.7 Å². The summed E-state index contributed by atoms with van der Waals surface area (Å²) in [5.74, 6) is -0.0785. The highest BCUT2D eigenvalue weighted by Gasteiger charge is 2.26. The molecule has 0 radical (unpaired) electrons. The molecule has 1 saturated carbocycles. The van der Waals surface area contributed by atoms with Crippen LogP contribution in [0.2, 0.25) is 0 Å². The molecule has 1 atom stereocenters. The summed E-state index contributed by atoms with van der Waals surface area (Å²) in [7, 11) is 0. The Balaban J connectivity index is 1.83. The van der Waals surface area contributed by atoms with Crippen molar-refractivity contribution < 1.29 is 4.39 Å². The van der Waals surface area contributed by atoms with Crippen molar-refractivity contribution in [1.29, 1.82) is 0 Å². The first-order valence-corrected chi connectivity index (χ1v) is 6.63. The van der Waals surface area contributed by atoms with Gasteiger partial charge in [-0.1, -0.05) is 18.9 Å². The lowest BCUT2D eigenvalue weighted by molar-refractivity contribution is 0.408. The molecule has 0 aromatic heterocycles. The van der Waals surface area contributed by atoms with Crippen LogP contribution in [-0.2, 0) is 0 Å². The molecule has 3 rings (SSSR count). The van der Waals surface area contributed by atoms with Crippen molar-refractivity contribution in [3.05, 3.63) is 29.6 Å². The van der Waals surface area contributed by atoms with E-state index in [4.69, 9.17) is 0 Å². The van der Waals surface area contributed by atoms with Crippen molar-refractivity contribution in [3.63, 3.8) is 0 Å². The second-order valence-electron chi connectivity index (χ2n) is 5.12. The Kier molecular flexibility index (Phi) is 3.02. The van der Waals surface area contributed by atoms with Gasteiger partial charge in [-0.15, -0.1) is 0 Å². The molecule has 3 heteroatoms. The molecule has 0 saturated heterocycles. The Morgan fingerprint density at radius 2 is 2.00 bits per heavy atom. The summed E-state index contributed by atoms with van der Waals surface area (Å²) in [5, 5.41) is 6.91. The van der Waals surface area contributed by atoms with E-state index in [9.17, 15) is 4.39 Å². The van der Waals surface area contributed by atoms with E-state index < -0.39 is 0 Å². The van der Waals surface area contributed by atoms with E-state index in [1.807, 2.05) is 6.07 Å². The van der Waals surface area contributed by atoms with Gasteiger partial charge >= 0.3 is 0 Å². The Labute approximate surface area is 102 Å². The van der Waals surface area contributed by atoms with E-state index >= 15 is 0 Å². The van der Waals surface area contributed by atoms with Crippen molar-refractivity contribution in [2.75, 3.05) is 11.9 Å². The molecule has 2 aliphatic rings. The second kappa shape index (κ2) is 4.65. The van der Waals surface area contributed by atoms with E-state index in [0.29, 0.717) is 6.04 Å². The third-order valence-electron chi connectivity index (χ3n) is 3.94. The fourth-order valence-electron chi connectivity index (χ4n) is 3.08. The fourth-order valence-corrected chi connectivity index (χ4v) is 3.08. The quantitative estimate of drug-likeness (QED) is 0.821. The predicted molar refractivity (Wildman–Crippen MR) is 67.6 cm³/mol. The summed E-state index contributed by atoms with van der Waals surface area (Å²) < 4.78 is 13.9. The molecule has 1 unspecified atom stereocenters. The molecule has 92 valence electrons. The van der Waals surface area contributed by atoms with E-state index in [-0.39, 0.29) is 11.9 Å². The van der Waals surface area contributed by atoms with E-state index in [0.717, 1.165) is 24.2 Å². The summed E-state index contributed by atoms with van der Waals surface area (Å²) in [4.78, 5) is 0. The number of rotatable bonds is 2. The van der Waals surface area contributed by atoms with Crippen LogP contribution in [0.4, 0.5) is 10.1 Å². The zero-order chi connectivity index (χ0) is 11.7. The van der Waals surface area contributed by atoms with Crippen LogP contribution >= 0.6 is 0 Å². The lowest BCUT2D eigenvalue weighted by Crippen LogP contribution is -2.35. The van der Waals surface area contributed by atoms with E-state index in [2.05, 4.69) is 10.6 Å². The minimum Gasteiger partial charge on any atom is -0.385 e. The molecule has 1 aliphatic carbocycles. The van der Waals surface area contributed by atoms with Gasteiger partial charge in [-0.3, -0.25) is 0 Å². The molecule has 0 spiro atoms. The van der Waals surface area contributed by atoms with Crippen LogP contribution in [0.1, 0.15) is 43.7 Å². The maximum Gasteiger partial charge on any atom is 0.130 e. The Bertz CT molecular complexity index is 399. The molecule has 1 aromatic rings. The molecule has 2 N–H and O–H groups in total. The highest BCUT2D eigenvalue weighted by atomic mass is 19.1. The van der Waals surface area contributed by atoms with Gasteiger partial charge < -0.3 is 10.6 Å². The molecule has 0 bridgehead atoms. The Morgan fingerprint density at radius 3 is 2.82 bits per heavy atom. The summed E-state index contributed by atoms with van der Waals surface area (Å²) >= 11 is 0. The second-order valence-corrected chi connectivity index (χ2v) is 5.12. The molecule has 1 aromatic carbocycles. The van der Waals surface area contributed by atoms with Crippen LogP contribution in [0.25, 0.3) is 0 Å². The third kappa shape index (κ3) is 2.16. The lowest BCUT2D eigenvalue weighted by Gasteiger charge is -2.30. The zero-order valence-corrected chi connectivity index (χ0v) is 10.0. The largest absolute Gasteiger partial charge is 0.385 e. The van der Waals surface area contributed by atoms with Gasteiger partial charge in [0.2, 0.25) is 0 Å². The molecular weight excluding hydrogens is 215 g/mol. The van der Waals surface area contributed by atoms with Crippen LogP contribution in [-0.4, -0.2) is 12.6 Å². The van der Waals surface area contributed by atoms with Gasteiger partial charge in [0.1, 0.15) is 5.82 Å². The number of nitrogens with one attached hydrogen (secondary N) is 2. The molecule has 1 fully saturated rings. The van der Waals surface area contributed by atoms with Crippen LogP contribution in [0.5, 0.6) is 0 Å². The summed E-state index contributed by atoms with van der Waals surface area (Å²) in [6.07, 6.45) is 6.09. The van der Waals surface area contributed by atoms with Crippen molar-refractivity contribution in [2.24, 2.45) is 0 Å². The third-order valence-corrected chi connectivity index (χ3v) is 3.94. The average molecular weight is 234 g/mol. The highest BCUT2D eigenvalue weighted by Crippen LogP contribution is 2.33. The minimum absolute atomic E-state index is 0.0785. The zero-order valence-electron chi connectivity index (χ0n) is 10.0. The number of fused-ring (bicyclic) bond motifs is 1. The summed E-state index contributed by atoms with van der Waals surface area (Å²) in [6, 6.07) is 6.09.